The van der Waals surface area contributed by atoms with E-state index < -0.39 is 10.0 Å². The molecule has 7 nitrogen and oxygen atoms in total. The molecule has 1 aliphatic heterocycles. The third-order valence-corrected chi connectivity index (χ3v) is 7.46. The van der Waals surface area contributed by atoms with Crippen LogP contribution in [0, 0.1) is 12.8 Å². The summed E-state index contributed by atoms with van der Waals surface area (Å²) in [4.78, 5) is 8.93. The molecule has 0 radical (unpaired) electrons. The van der Waals surface area contributed by atoms with E-state index in [0.29, 0.717) is 18.8 Å². The van der Waals surface area contributed by atoms with Crippen LogP contribution >= 0.6 is 0 Å². The number of imidazole rings is 1. The van der Waals surface area contributed by atoms with E-state index in [0.717, 1.165) is 36.5 Å². The summed E-state index contributed by atoms with van der Waals surface area (Å²) < 4.78 is 35.4. The molecule has 1 aromatic carbocycles. The van der Waals surface area contributed by atoms with Crippen LogP contribution in [0.3, 0.4) is 0 Å². The lowest BCUT2D eigenvalue weighted by Crippen LogP contribution is -2.41. The van der Waals surface area contributed by atoms with Crippen molar-refractivity contribution in [2.75, 3.05) is 20.2 Å². The van der Waals surface area contributed by atoms with Crippen molar-refractivity contribution < 1.29 is 13.2 Å². The zero-order valence-electron chi connectivity index (χ0n) is 17.2. The quantitative estimate of drug-likeness (QED) is 0.604. The molecule has 3 aromatic rings. The number of hydrogen-bond donors (Lipinski definition) is 0. The van der Waals surface area contributed by atoms with Crippen LogP contribution in [-0.2, 0) is 16.6 Å². The summed E-state index contributed by atoms with van der Waals surface area (Å²) >= 11 is 0. The summed E-state index contributed by atoms with van der Waals surface area (Å²) in [6, 6.07) is 10.6. The van der Waals surface area contributed by atoms with Gasteiger partial charge < -0.3 is 9.30 Å². The highest BCUT2D eigenvalue weighted by molar-refractivity contribution is 7.89. The van der Waals surface area contributed by atoms with Crippen LogP contribution in [0.25, 0.3) is 11.4 Å². The molecule has 3 heterocycles. The van der Waals surface area contributed by atoms with Gasteiger partial charge in [0.1, 0.15) is 11.6 Å². The topological polar surface area (TPSA) is 77.3 Å². The summed E-state index contributed by atoms with van der Waals surface area (Å²) in [6.45, 7) is 3.79. The molecular weight excluding hydrogens is 400 g/mol. The average Bonchev–Trinajstić information content (AvgIpc) is 3.14. The van der Waals surface area contributed by atoms with Gasteiger partial charge in [-0.05, 0) is 49.9 Å². The number of aromatic nitrogens is 3. The highest BCUT2D eigenvalue weighted by Gasteiger charge is 2.31. The van der Waals surface area contributed by atoms with Gasteiger partial charge in [0, 0.05) is 55.5 Å². The number of aryl methyl sites for hydroxylation is 1. The molecule has 30 heavy (non-hydrogen) atoms. The molecule has 2 aromatic heterocycles. The number of piperidine rings is 1. The van der Waals surface area contributed by atoms with Crippen molar-refractivity contribution in [1.29, 1.82) is 0 Å². The highest BCUT2D eigenvalue weighted by atomic mass is 32.2. The van der Waals surface area contributed by atoms with Gasteiger partial charge in [0.05, 0.1) is 12.0 Å². The second kappa shape index (κ2) is 8.57. The summed E-state index contributed by atoms with van der Waals surface area (Å²) in [7, 11) is -2.02. The number of rotatable bonds is 6. The van der Waals surface area contributed by atoms with E-state index in [9.17, 15) is 8.42 Å². The Balaban J connectivity index is 1.55. The largest absolute Gasteiger partial charge is 0.497 e. The van der Waals surface area contributed by atoms with Gasteiger partial charge in [-0.15, -0.1) is 0 Å². The summed E-state index contributed by atoms with van der Waals surface area (Å²) in [5.74, 6) is 1.65. The Morgan fingerprint density at radius 1 is 1.20 bits per heavy atom. The van der Waals surface area contributed by atoms with Crippen LogP contribution < -0.4 is 4.74 Å². The third-order valence-electron chi connectivity index (χ3n) is 5.60. The second-order valence-electron chi connectivity index (χ2n) is 7.62. The molecule has 1 saturated heterocycles. The van der Waals surface area contributed by atoms with Crippen molar-refractivity contribution in [3.63, 3.8) is 0 Å². The van der Waals surface area contributed by atoms with Gasteiger partial charge in [-0.1, -0.05) is 6.07 Å². The van der Waals surface area contributed by atoms with E-state index in [-0.39, 0.29) is 10.8 Å². The Labute approximate surface area is 177 Å². The first-order valence-corrected chi connectivity index (χ1v) is 11.5. The molecule has 1 unspecified atom stereocenters. The van der Waals surface area contributed by atoms with E-state index >= 15 is 0 Å². The molecule has 0 amide bonds. The maximum Gasteiger partial charge on any atom is 0.243 e. The molecule has 0 spiro atoms. The third kappa shape index (κ3) is 4.11. The SMILES string of the molecule is COc1cccc(S(=O)(=O)N2CCCC(Cn3c(C)cnc3-c3ccncc3)C2)c1. The lowest BCUT2D eigenvalue weighted by Gasteiger charge is -2.32. The Bertz CT molecular complexity index is 1110. The molecule has 1 aliphatic rings. The fourth-order valence-electron chi connectivity index (χ4n) is 3.99. The van der Waals surface area contributed by atoms with E-state index in [4.69, 9.17) is 4.74 Å². The van der Waals surface area contributed by atoms with Crippen molar-refractivity contribution >= 4 is 10.0 Å². The molecule has 0 N–H and O–H groups in total. The molecule has 8 heteroatoms. The lowest BCUT2D eigenvalue weighted by atomic mass is 9.99. The number of pyridine rings is 1. The van der Waals surface area contributed by atoms with E-state index in [1.807, 2.05) is 25.3 Å². The fourth-order valence-corrected chi connectivity index (χ4v) is 5.58. The van der Waals surface area contributed by atoms with Gasteiger partial charge in [-0.25, -0.2) is 13.4 Å². The van der Waals surface area contributed by atoms with Crippen LogP contribution in [-0.4, -0.2) is 47.5 Å². The van der Waals surface area contributed by atoms with Crippen LogP contribution in [0.1, 0.15) is 18.5 Å². The van der Waals surface area contributed by atoms with Crippen molar-refractivity contribution in [3.8, 4) is 17.1 Å². The predicted molar refractivity (Wildman–Crippen MR) is 115 cm³/mol. The molecule has 1 fully saturated rings. The van der Waals surface area contributed by atoms with Crippen LogP contribution in [0.15, 0.2) is 59.9 Å². The van der Waals surface area contributed by atoms with Crippen molar-refractivity contribution in [1.82, 2.24) is 18.8 Å². The number of benzene rings is 1. The normalized spacial score (nSPS) is 17.7. The predicted octanol–water partition coefficient (Wildman–Crippen LogP) is 3.36. The second-order valence-corrected chi connectivity index (χ2v) is 9.56. The molecular formula is C22H26N4O3S. The maximum absolute atomic E-state index is 13.2. The first kappa shape index (κ1) is 20.6. The summed E-state index contributed by atoms with van der Waals surface area (Å²) in [6.07, 6.45) is 7.20. The Kier molecular flexibility index (Phi) is 5.87. The summed E-state index contributed by atoms with van der Waals surface area (Å²) in [5, 5.41) is 0. The fraction of sp³-hybridized carbons (Fsp3) is 0.364. The smallest absolute Gasteiger partial charge is 0.243 e. The Morgan fingerprint density at radius 3 is 2.77 bits per heavy atom. The minimum atomic E-state index is -3.56. The van der Waals surface area contributed by atoms with Crippen molar-refractivity contribution in [3.05, 3.63) is 60.7 Å². The van der Waals surface area contributed by atoms with Gasteiger partial charge >= 0.3 is 0 Å². The van der Waals surface area contributed by atoms with E-state index in [1.54, 1.807) is 41.0 Å². The molecule has 0 aliphatic carbocycles. The Hall–Kier alpha value is -2.71. The van der Waals surface area contributed by atoms with E-state index in [1.165, 1.54) is 7.11 Å². The highest BCUT2D eigenvalue weighted by Crippen LogP contribution is 2.28. The molecule has 0 saturated carbocycles. The standard InChI is InChI=1S/C22H26N4O3S/c1-17-14-24-22(19-8-10-23-11-9-19)26(17)16-18-5-4-12-25(15-18)30(27,28)21-7-3-6-20(13-21)29-2/h3,6-11,13-14,18H,4-5,12,15-16H2,1-2H3. The average molecular weight is 427 g/mol. The van der Waals surface area contributed by atoms with Crippen LogP contribution in [0.2, 0.25) is 0 Å². The van der Waals surface area contributed by atoms with Crippen molar-refractivity contribution in [2.45, 2.75) is 31.2 Å². The summed E-state index contributed by atoms with van der Waals surface area (Å²) in [5.41, 5.74) is 2.07. The molecule has 4 rings (SSSR count). The minimum Gasteiger partial charge on any atom is -0.497 e. The van der Waals surface area contributed by atoms with Gasteiger partial charge in [0.25, 0.3) is 0 Å². The van der Waals surface area contributed by atoms with Gasteiger partial charge in [0.2, 0.25) is 10.0 Å². The number of hydrogen-bond acceptors (Lipinski definition) is 5. The number of nitrogens with zero attached hydrogens (tertiary/aromatic N) is 4. The first-order chi connectivity index (χ1) is 14.5. The molecule has 158 valence electrons. The van der Waals surface area contributed by atoms with Crippen LogP contribution in [0.4, 0.5) is 0 Å². The number of methoxy groups -OCH3 is 1. The van der Waals surface area contributed by atoms with E-state index in [2.05, 4.69) is 14.5 Å². The van der Waals surface area contributed by atoms with Gasteiger partial charge in [-0.2, -0.15) is 4.31 Å². The van der Waals surface area contributed by atoms with Gasteiger partial charge in [-0.3, -0.25) is 4.98 Å². The van der Waals surface area contributed by atoms with Crippen molar-refractivity contribution in [2.24, 2.45) is 5.92 Å². The molecule has 1 atom stereocenters. The lowest BCUT2D eigenvalue weighted by molar-refractivity contribution is 0.245. The maximum atomic E-state index is 13.2. The molecule has 0 bridgehead atoms. The Morgan fingerprint density at radius 2 is 2.00 bits per heavy atom. The zero-order valence-corrected chi connectivity index (χ0v) is 18.0. The van der Waals surface area contributed by atoms with Crippen LogP contribution in [0.5, 0.6) is 5.75 Å². The minimum absolute atomic E-state index is 0.215. The number of sulfonamides is 1. The monoisotopic (exact) mass is 426 g/mol. The van der Waals surface area contributed by atoms with Gasteiger partial charge in [0.15, 0.2) is 0 Å². The number of ether oxygens (including phenoxy) is 1. The first-order valence-electron chi connectivity index (χ1n) is 10.1. The zero-order chi connectivity index (χ0) is 21.1.